The first kappa shape index (κ1) is 12.5. The molecule has 0 bridgehead atoms. The van der Waals surface area contributed by atoms with Crippen molar-refractivity contribution in [2.45, 2.75) is 45.6 Å². The summed E-state index contributed by atoms with van der Waals surface area (Å²) >= 11 is 0. The van der Waals surface area contributed by atoms with Gasteiger partial charge in [-0.3, -0.25) is 15.1 Å². The van der Waals surface area contributed by atoms with Gasteiger partial charge in [0.1, 0.15) is 0 Å². The highest BCUT2D eigenvalue weighted by Gasteiger charge is 2.38. The van der Waals surface area contributed by atoms with Crippen molar-refractivity contribution in [1.29, 1.82) is 0 Å². The van der Waals surface area contributed by atoms with Gasteiger partial charge in [-0.15, -0.1) is 0 Å². The van der Waals surface area contributed by atoms with Gasteiger partial charge in [0.2, 0.25) is 0 Å². The topological polar surface area (TPSA) is 58.4 Å². The Morgan fingerprint density at radius 2 is 2.33 bits per heavy atom. The summed E-state index contributed by atoms with van der Waals surface area (Å²) in [4.78, 5) is 14.1. The average molecular weight is 213 g/mol. The number of likely N-dealkylation sites (tertiary alicyclic amines) is 1. The highest BCUT2D eigenvalue weighted by Crippen LogP contribution is 2.26. The van der Waals surface area contributed by atoms with Crippen LogP contribution in [-0.2, 0) is 4.79 Å². The van der Waals surface area contributed by atoms with Crippen LogP contribution in [0.1, 0.15) is 40.0 Å². The zero-order chi connectivity index (χ0) is 11.5. The van der Waals surface area contributed by atoms with E-state index >= 15 is 0 Å². The molecule has 1 aliphatic heterocycles. The van der Waals surface area contributed by atoms with E-state index in [0.717, 1.165) is 19.5 Å². The molecule has 0 aromatic carbocycles. The molecule has 4 nitrogen and oxygen atoms in total. The van der Waals surface area contributed by atoms with Crippen molar-refractivity contribution in [1.82, 2.24) is 10.3 Å². The quantitative estimate of drug-likeness (QED) is 0.415. The molecular formula is C11H23N3O. The van der Waals surface area contributed by atoms with Crippen molar-refractivity contribution in [3.05, 3.63) is 0 Å². The lowest BCUT2D eigenvalue weighted by Gasteiger charge is -2.43. The molecule has 1 heterocycles. The van der Waals surface area contributed by atoms with Crippen LogP contribution in [0.2, 0.25) is 0 Å². The smallest absolute Gasteiger partial charge is 0.254 e. The summed E-state index contributed by atoms with van der Waals surface area (Å²) in [5, 5.41) is 0. The maximum atomic E-state index is 11.8. The van der Waals surface area contributed by atoms with Crippen molar-refractivity contribution in [3.63, 3.8) is 0 Å². The van der Waals surface area contributed by atoms with E-state index in [2.05, 4.69) is 17.2 Å². The van der Waals surface area contributed by atoms with Gasteiger partial charge in [-0.05, 0) is 38.6 Å². The van der Waals surface area contributed by atoms with E-state index in [-0.39, 0.29) is 5.91 Å². The van der Waals surface area contributed by atoms with Crippen LogP contribution in [0.3, 0.4) is 0 Å². The van der Waals surface area contributed by atoms with Crippen molar-refractivity contribution in [2.24, 2.45) is 11.8 Å². The monoisotopic (exact) mass is 213 g/mol. The molecule has 0 aromatic rings. The summed E-state index contributed by atoms with van der Waals surface area (Å²) in [6.07, 6.45) is 3.23. The van der Waals surface area contributed by atoms with Crippen LogP contribution in [0, 0.1) is 5.92 Å². The normalized spacial score (nSPS) is 27.1. The lowest BCUT2D eigenvalue weighted by atomic mass is 9.90. The minimum absolute atomic E-state index is 0.0703. The highest BCUT2D eigenvalue weighted by molar-refractivity contribution is 5.85. The Morgan fingerprint density at radius 1 is 1.67 bits per heavy atom. The summed E-state index contributed by atoms with van der Waals surface area (Å²) in [7, 11) is 0. The first-order valence-corrected chi connectivity index (χ1v) is 5.80. The van der Waals surface area contributed by atoms with E-state index in [0.29, 0.717) is 5.92 Å². The van der Waals surface area contributed by atoms with Gasteiger partial charge in [-0.25, -0.2) is 5.84 Å². The third kappa shape index (κ3) is 2.49. The van der Waals surface area contributed by atoms with Crippen LogP contribution in [0.25, 0.3) is 0 Å². The summed E-state index contributed by atoms with van der Waals surface area (Å²) in [6, 6.07) is 0. The van der Waals surface area contributed by atoms with Gasteiger partial charge < -0.3 is 0 Å². The van der Waals surface area contributed by atoms with Crippen LogP contribution in [0.15, 0.2) is 0 Å². The van der Waals surface area contributed by atoms with Crippen molar-refractivity contribution >= 4 is 5.91 Å². The van der Waals surface area contributed by atoms with E-state index in [1.807, 2.05) is 13.8 Å². The van der Waals surface area contributed by atoms with Gasteiger partial charge in [0.05, 0.1) is 5.54 Å². The molecule has 0 unspecified atom stereocenters. The zero-order valence-electron chi connectivity index (χ0n) is 10.0. The minimum Gasteiger partial charge on any atom is -0.293 e. The molecule has 2 atom stereocenters. The highest BCUT2D eigenvalue weighted by atomic mass is 16.2. The number of hydrazine groups is 1. The Bertz CT molecular complexity index is 232. The van der Waals surface area contributed by atoms with Crippen LogP contribution >= 0.6 is 0 Å². The van der Waals surface area contributed by atoms with Gasteiger partial charge in [-0.2, -0.15) is 0 Å². The Morgan fingerprint density at radius 3 is 2.80 bits per heavy atom. The van der Waals surface area contributed by atoms with Crippen molar-refractivity contribution < 1.29 is 4.79 Å². The van der Waals surface area contributed by atoms with Gasteiger partial charge in [-0.1, -0.05) is 13.8 Å². The molecule has 1 saturated heterocycles. The van der Waals surface area contributed by atoms with Gasteiger partial charge in [0, 0.05) is 6.54 Å². The first-order chi connectivity index (χ1) is 7.04. The molecule has 1 rings (SSSR count). The van der Waals surface area contributed by atoms with E-state index in [1.54, 1.807) is 0 Å². The molecule has 1 amide bonds. The number of hydrogen-bond donors (Lipinski definition) is 2. The predicted molar refractivity (Wildman–Crippen MR) is 61.0 cm³/mol. The Balaban J connectivity index is 2.75. The number of nitrogens with zero attached hydrogens (tertiary/aromatic N) is 1. The number of hydrogen-bond acceptors (Lipinski definition) is 3. The number of piperidine rings is 1. The standard InChI is InChI=1S/C11H23N3O/c1-4-11(3,10(15)13-12)14-7-5-6-9(2)8-14/h9H,4-8,12H2,1-3H3,(H,13,15)/t9-,11+/m0/s1. The van der Waals surface area contributed by atoms with E-state index < -0.39 is 5.54 Å². The van der Waals surface area contributed by atoms with Crippen LogP contribution in [-0.4, -0.2) is 29.4 Å². The fourth-order valence-electron chi connectivity index (χ4n) is 2.32. The summed E-state index contributed by atoms with van der Waals surface area (Å²) in [6.45, 7) is 8.25. The van der Waals surface area contributed by atoms with Gasteiger partial charge in [0.15, 0.2) is 0 Å². The summed E-state index contributed by atoms with van der Waals surface area (Å²) in [5.41, 5.74) is 1.85. The number of nitrogens with two attached hydrogens (primary N) is 1. The number of carbonyl (C=O) groups excluding carboxylic acids is 1. The molecule has 0 aromatic heterocycles. The molecule has 4 heteroatoms. The predicted octanol–water partition coefficient (Wildman–Crippen LogP) is 0.877. The summed E-state index contributed by atoms with van der Waals surface area (Å²) in [5.74, 6) is 5.85. The van der Waals surface area contributed by atoms with Gasteiger partial charge in [0.25, 0.3) is 5.91 Å². The van der Waals surface area contributed by atoms with E-state index in [1.165, 1.54) is 12.8 Å². The third-order valence-electron chi connectivity index (χ3n) is 3.66. The third-order valence-corrected chi connectivity index (χ3v) is 3.66. The van der Waals surface area contributed by atoms with Crippen LogP contribution < -0.4 is 11.3 Å². The Kier molecular flexibility index (Phi) is 4.11. The number of rotatable bonds is 3. The lowest BCUT2D eigenvalue weighted by molar-refractivity contribution is -0.134. The Labute approximate surface area is 92.2 Å². The van der Waals surface area contributed by atoms with E-state index in [9.17, 15) is 4.79 Å². The number of carbonyl (C=O) groups is 1. The molecule has 1 aliphatic rings. The molecule has 0 radical (unpaired) electrons. The fourth-order valence-corrected chi connectivity index (χ4v) is 2.32. The molecule has 0 saturated carbocycles. The Hall–Kier alpha value is -0.610. The summed E-state index contributed by atoms with van der Waals surface area (Å²) < 4.78 is 0. The van der Waals surface area contributed by atoms with Crippen molar-refractivity contribution in [3.8, 4) is 0 Å². The maximum absolute atomic E-state index is 11.8. The molecular weight excluding hydrogens is 190 g/mol. The largest absolute Gasteiger partial charge is 0.293 e. The molecule has 0 spiro atoms. The number of amides is 1. The maximum Gasteiger partial charge on any atom is 0.254 e. The van der Waals surface area contributed by atoms with Crippen molar-refractivity contribution in [2.75, 3.05) is 13.1 Å². The second-order valence-electron chi connectivity index (χ2n) is 4.79. The molecule has 15 heavy (non-hydrogen) atoms. The second kappa shape index (κ2) is 4.94. The molecule has 1 fully saturated rings. The lowest BCUT2D eigenvalue weighted by Crippen LogP contribution is -2.60. The van der Waals surface area contributed by atoms with Crippen LogP contribution in [0.5, 0.6) is 0 Å². The van der Waals surface area contributed by atoms with E-state index in [4.69, 9.17) is 5.84 Å². The first-order valence-electron chi connectivity index (χ1n) is 5.80. The zero-order valence-corrected chi connectivity index (χ0v) is 10.0. The number of nitrogens with one attached hydrogen (secondary N) is 1. The fraction of sp³-hybridized carbons (Fsp3) is 0.909. The molecule has 3 N–H and O–H groups in total. The average Bonchev–Trinajstić information content (AvgIpc) is 2.26. The molecule has 88 valence electrons. The second-order valence-corrected chi connectivity index (χ2v) is 4.79. The SMILES string of the molecule is CC[C@](C)(C(=O)NN)N1CCC[C@H](C)C1. The van der Waals surface area contributed by atoms with Crippen LogP contribution in [0.4, 0.5) is 0 Å². The minimum atomic E-state index is -0.441. The van der Waals surface area contributed by atoms with Gasteiger partial charge >= 0.3 is 0 Å². The molecule has 0 aliphatic carbocycles.